The maximum absolute atomic E-state index is 11.5. The molecule has 5 nitrogen and oxygen atoms in total. The van der Waals surface area contributed by atoms with Crippen molar-refractivity contribution in [2.75, 3.05) is 31.3 Å². The summed E-state index contributed by atoms with van der Waals surface area (Å²) in [7, 11) is 1.64. The molecule has 0 atom stereocenters. The summed E-state index contributed by atoms with van der Waals surface area (Å²) in [6.45, 7) is 3.31. The Kier molecular flexibility index (Phi) is 7.20. The number of pyridine rings is 1. The molecule has 0 aliphatic rings. The van der Waals surface area contributed by atoms with E-state index < -0.39 is 0 Å². The minimum Gasteiger partial charge on any atom is -0.385 e. The molecular formula is C12H19N3O2S. The molecule has 1 heterocycles. The highest BCUT2D eigenvalue weighted by Crippen LogP contribution is 2.16. The first-order chi connectivity index (χ1) is 8.76. The molecule has 0 saturated carbocycles. The highest BCUT2D eigenvalue weighted by molar-refractivity contribution is 7.99. The van der Waals surface area contributed by atoms with Crippen molar-refractivity contribution in [3.63, 3.8) is 0 Å². The third-order valence-electron chi connectivity index (χ3n) is 2.10. The van der Waals surface area contributed by atoms with E-state index in [1.54, 1.807) is 25.1 Å². The van der Waals surface area contributed by atoms with Crippen LogP contribution in [0.2, 0.25) is 0 Å². The summed E-state index contributed by atoms with van der Waals surface area (Å²) < 4.78 is 4.89. The summed E-state index contributed by atoms with van der Waals surface area (Å²) in [6.07, 6.45) is 2.46. The van der Waals surface area contributed by atoms with Crippen LogP contribution in [-0.2, 0) is 4.74 Å². The van der Waals surface area contributed by atoms with Crippen LogP contribution in [0.3, 0.4) is 0 Å². The largest absolute Gasteiger partial charge is 0.385 e. The fraction of sp³-hybridized carbons (Fsp3) is 0.500. The van der Waals surface area contributed by atoms with Gasteiger partial charge in [0.15, 0.2) is 0 Å². The average Bonchev–Trinajstić information content (AvgIpc) is 2.37. The van der Waals surface area contributed by atoms with Crippen LogP contribution in [0.25, 0.3) is 0 Å². The molecule has 2 amide bonds. The van der Waals surface area contributed by atoms with Crippen molar-refractivity contribution in [1.82, 2.24) is 10.3 Å². The SMILES string of the molecule is CCSc1ccc(NC(=O)NCCCOC)cn1. The Labute approximate surface area is 112 Å². The number of amides is 2. The number of ether oxygens (including phenoxy) is 1. The van der Waals surface area contributed by atoms with E-state index in [1.165, 1.54) is 0 Å². The van der Waals surface area contributed by atoms with Crippen molar-refractivity contribution < 1.29 is 9.53 Å². The van der Waals surface area contributed by atoms with Crippen molar-refractivity contribution >= 4 is 23.5 Å². The standard InChI is InChI=1S/C12H19N3O2S/c1-3-18-11-6-5-10(9-14-11)15-12(16)13-7-4-8-17-2/h5-6,9H,3-4,7-8H2,1-2H3,(H2,13,15,16). The van der Waals surface area contributed by atoms with Crippen LogP contribution in [-0.4, -0.2) is 37.0 Å². The number of anilines is 1. The number of hydrogen-bond acceptors (Lipinski definition) is 4. The van der Waals surface area contributed by atoms with Crippen molar-refractivity contribution in [2.24, 2.45) is 0 Å². The topological polar surface area (TPSA) is 63.2 Å². The Balaban J connectivity index is 2.30. The van der Waals surface area contributed by atoms with Gasteiger partial charge in [0.1, 0.15) is 0 Å². The highest BCUT2D eigenvalue weighted by Gasteiger charge is 2.01. The van der Waals surface area contributed by atoms with Gasteiger partial charge < -0.3 is 15.4 Å². The van der Waals surface area contributed by atoms with E-state index in [1.807, 2.05) is 12.1 Å². The first kappa shape index (κ1) is 14.8. The Morgan fingerprint density at radius 1 is 1.50 bits per heavy atom. The maximum atomic E-state index is 11.5. The Morgan fingerprint density at radius 2 is 2.33 bits per heavy atom. The smallest absolute Gasteiger partial charge is 0.319 e. The zero-order valence-electron chi connectivity index (χ0n) is 10.7. The van der Waals surface area contributed by atoms with Crippen LogP contribution in [0.15, 0.2) is 23.4 Å². The lowest BCUT2D eigenvalue weighted by molar-refractivity contribution is 0.194. The number of rotatable bonds is 7. The second kappa shape index (κ2) is 8.77. The summed E-state index contributed by atoms with van der Waals surface area (Å²) in [5.41, 5.74) is 0.694. The lowest BCUT2D eigenvalue weighted by atomic mass is 10.4. The highest BCUT2D eigenvalue weighted by atomic mass is 32.2. The predicted octanol–water partition coefficient (Wildman–Crippen LogP) is 2.35. The number of methoxy groups -OCH3 is 1. The summed E-state index contributed by atoms with van der Waals surface area (Å²) in [6, 6.07) is 3.53. The Bertz CT molecular complexity index is 357. The van der Waals surface area contributed by atoms with E-state index in [9.17, 15) is 4.79 Å². The molecule has 100 valence electrons. The van der Waals surface area contributed by atoms with Crippen LogP contribution >= 0.6 is 11.8 Å². The van der Waals surface area contributed by atoms with Gasteiger partial charge >= 0.3 is 6.03 Å². The number of nitrogens with zero attached hydrogens (tertiary/aromatic N) is 1. The minimum atomic E-state index is -0.219. The molecule has 0 unspecified atom stereocenters. The summed E-state index contributed by atoms with van der Waals surface area (Å²) in [5.74, 6) is 0.986. The molecule has 2 N–H and O–H groups in total. The molecule has 0 fully saturated rings. The molecule has 1 rings (SSSR count). The number of hydrogen-bond donors (Lipinski definition) is 2. The summed E-state index contributed by atoms with van der Waals surface area (Å²) in [4.78, 5) is 15.7. The Morgan fingerprint density at radius 3 is 2.94 bits per heavy atom. The van der Waals surface area contributed by atoms with Gasteiger partial charge in [-0.15, -0.1) is 11.8 Å². The van der Waals surface area contributed by atoms with Gasteiger partial charge in [0, 0.05) is 20.3 Å². The van der Waals surface area contributed by atoms with Gasteiger partial charge in [-0.05, 0) is 24.3 Å². The second-order valence-electron chi connectivity index (χ2n) is 3.55. The molecular weight excluding hydrogens is 250 g/mol. The molecule has 0 aliphatic carbocycles. The lowest BCUT2D eigenvalue weighted by Crippen LogP contribution is -2.30. The van der Waals surface area contributed by atoms with E-state index in [0.717, 1.165) is 17.2 Å². The van der Waals surface area contributed by atoms with Crippen LogP contribution in [0.1, 0.15) is 13.3 Å². The van der Waals surface area contributed by atoms with Crippen molar-refractivity contribution in [3.05, 3.63) is 18.3 Å². The van der Waals surface area contributed by atoms with Gasteiger partial charge in [-0.2, -0.15) is 0 Å². The van der Waals surface area contributed by atoms with Crippen molar-refractivity contribution in [2.45, 2.75) is 18.4 Å². The van der Waals surface area contributed by atoms with Crippen LogP contribution in [0.5, 0.6) is 0 Å². The normalized spacial score (nSPS) is 10.1. The van der Waals surface area contributed by atoms with Crippen LogP contribution in [0.4, 0.5) is 10.5 Å². The van der Waals surface area contributed by atoms with Gasteiger partial charge in [0.05, 0.1) is 16.9 Å². The van der Waals surface area contributed by atoms with Crippen molar-refractivity contribution in [1.29, 1.82) is 0 Å². The van der Waals surface area contributed by atoms with E-state index in [0.29, 0.717) is 18.8 Å². The number of nitrogens with one attached hydrogen (secondary N) is 2. The first-order valence-corrected chi connectivity index (χ1v) is 6.87. The maximum Gasteiger partial charge on any atom is 0.319 e. The van der Waals surface area contributed by atoms with Gasteiger partial charge in [-0.3, -0.25) is 0 Å². The zero-order valence-corrected chi connectivity index (χ0v) is 11.5. The molecule has 0 saturated heterocycles. The molecule has 0 bridgehead atoms. The molecule has 0 radical (unpaired) electrons. The quantitative estimate of drug-likeness (QED) is 0.589. The summed E-state index contributed by atoms with van der Waals surface area (Å²) >= 11 is 1.67. The first-order valence-electron chi connectivity index (χ1n) is 5.89. The van der Waals surface area contributed by atoms with Gasteiger partial charge in [0.25, 0.3) is 0 Å². The fourth-order valence-electron chi connectivity index (χ4n) is 1.28. The Hall–Kier alpha value is -1.27. The monoisotopic (exact) mass is 269 g/mol. The number of aromatic nitrogens is 1. The lowest BCUT2D eigenvalue weighted by Gasteiger charge is -2.07. The molecule has 0 aromatic carbocycles. The molecule has 1 aromatic rings. The van der Waals surface area contributed by atoms with Gasteiger partial charge in [0.2, 0.25) is 0 Å². The molecule has 18 heavy (non-hydrogen) atoms. The summed E-state index contributed by atoms with van der Waals surface area (Å²) in [5, 5.41) is 6.43. The second-order valence-corrected chi connectivity index (χ2v) is 4.83. The van der Waals surface area contributed by atoms with Crippen LogP contribution in [0, 0.1) is 0 Å². The minimum absolute atomic E-state index is 0.219. The average molecular weight is 269 g/mol. The molecule has 0 aliphatic heterocycles. The van der Waals surface area contributed by atoms with Crippen LogP contribution < -0.4 is 10.6 Å². The van der Waals surface area contributed by atoms with E-state index in [-0.39, 0.29) is 6.03 Å². The number of carbonyl (C=O) groups is 1. The molecule has 1 aromatic heterocycles. The predicted molar refractivity (Wildman–Crippen MR) is 74.1 cm³/mol. The zero-order chi connectivity index (χ0) is 13.2. The third kappa shape index (κ3) is 5.88. The number of thioether (sulfide) groups is 1. The third-order valence-corrected chi connectivity index (χ3v) is 2.92. The van der Waals surface area contributed by atoms with Crippen molar-refractivity contribution in [3.8, 4) is 0 Å². The molecule has 0 spiro atoms. The number of urea groups is 1. The van der Waals surface area contributed by atoms with Gasteiger partial charge in [-0.25, -0.2) is 9.78 Å². The van der Waals surface area contributed by atoms with E-state index >= 15 is 0 Å². The van der Waals surface area contributed by atoms with Gasteiger partial charge in [-0.1, -0.05) is 6.92 Å². The fourth-order valence-corrected chi connectivity index (χ4v) is 1.87. The van der Waals surface area contributed by atoms with E-state index in [2.05, 4.69) is 22.5 Å². The van der Waals surface area contributed by atoms with E-state index in [4.69, 9.17) is 4.74 Å². The number of carbonyl (C=O) groups excluding carboxylic acids is 1. The molecule has 6 heteroatoms.